The van der Waals surface area contributed by atoms with Crippen molar-refractivity contribution in [3.8, 4) is 5.75 Å². The van der Waals surface area contributed by atoms with Gasteiger partial charge in [-0.2, -0.15) is 0 Å². The standard InChI is InChI=1S/C56H68N14O15/c1-30(2)21-41(66-55(79)44-12-8-20-68(44)48(72)24-35-25-49(73)85-46-27-37(84-4)16-17-38(35)46)52(76)62-29-47(71)64-42(23-32-13-14-33-9-5-6-10-34(33)22-32)53(77)67-43(28-61-39-18-15-36(69(80)81)26-45(39)70(82)83)54(78)63-31(3)51(75)65-40(50(57)74)11-7-19-60-56(58)59/h5-6,9-10,13-18,22,25-27,30-31,40-44,61H,7-8,11-12,19-21,23-24,28-29H2,1-4H3,(H2,57,74)(H,62,76)(H,63,78)(H,64,71)(H,65,75)(H,66,79)(H,67,77)(H4,58,59,60)/t31?,40?,41-,42?,43?,44?/m1/s1. The van der Waals surface area contributed by atoms with Crippen LogP contribution < -0.4 is 64.8 Å². The van der Waals surface area contributed by atoms with Gasteiger partial charge in [-0.15, -0.1) is 0 Å². The molecule has 13 N–H and O–H groups in total. The maximum Gasteiger partial charge on any atom is 0.336 e. The number of methoxy groups -OCH3 is 1. The minimum atomic E-state index is -1.73. The van der Waals surface area contributed by atoms with E-state index in [-0.39, 0.29) is 74.8 Å². The average Bonchev–Trinajstić information content (AvgIpc) is 4.20. The number of nitro benzene ring substituents is 2. The van der Waals surface area contributed by atoms with Crippen molar-refractivity contribution >= 4 is 92.0 Å². The van der Waals surface area contributed by atoms with Crippen LogP contribution in [0.3, 0.4) is 0 Å². The van der Waals surface area contributed by atoms with Gasteiger partial charge in [0, 0.05) is 49.6 Å². The van der Waals surface area contributed by atoms with Gasteiger partial charge in [0.15, 0.2) is 5.96 Å². The molecule has 1 aliphatic heterocycles. The van der Waals surface area contributed by atoms with Gasteiger partial charge in [-0.05, 0) is 85.0 Å². The quantitative estimate of drug-likeness (QED) is 0.00790. The summed E-state index contributed by atoms with van der Waals surface area (Å²) < 4.78 is 10.6. The number of nitrogens with two attached hydrogens (primary N) is 3. The fraction of sp³-hybridized carbons (Fsp3) is 0.393. The number of aliphatic imine (C=N–C) groups is 1. The molecule has 1 aromatic heterocycles. The molecule has 5 aromatic rings. The molecule has 5 unspecified atom stereocenters. The van der Waals surface area contributed by atoms with Crippen LogP contribution in [0, 0.1) is 26.1 Å². The molecular formula is C56H68N14O15. The Morgan fingerprint density at radius 3 is 2.18 bits per heavy atom. The van der Waals surface area contributed by atoms with E-state index in [1.54, 1.807) is 36.4 Å². The highest BCUT2D eigenvalue weighted by atomic mass is 16.6. The van der Waals surface area contributed by atoms with Gasteiger partial charge in [-0.25, -0.2) is 4.79 Å². The molecule has 85 heavy (non-hydrogen) atoms. The highest BCUT2D eigenvalue weighted by molar-refractivity contribution is 5.98. The molecule has 0 aliphatic carbocycles. The van der Waals surface area contributed by atoms with Crippen molar-refractivity contribution in [3.63, 3.8) is 0 Å². The number of nitrogens with one attached hydrogen (secondary N) is 7. The number of rotatable bonds is 29. The van der Waals surface area contributed by atoms with Gasteiger partial charge >= 0.3 is 5.63 Å². The summed E-state index contributed by atoms with van der Waals surface area (Å²) in [7, 11) is 1.45. The van der Waals surface area contributed by atoms with E-state index in [0.717, 1.165) is 22.9 Å². The number of benzene rings is 4. The number of ether oxygens (including phenoxy) is 1. The maximum atomic E-state index is 14.6. The van der Waals surface area contributed by atoms with Crippen LogP contribution in [0.1, 0.15) is 64.0 Å². The summed E-state index contributed by atoms with van der Waals surface area (Å²) in [5, 5.41) is 43.7. The van der Waals surface area contributed by atoms with E-state index in [0.29, 0.717) is 34.7 Å². The summed E-state index contributed by atoms with van der Waals surface area (Å²) in [6.45, 7) is 3.82. The van der Waals surface area contributed by atoms with E-state index in [1.807, 2.05) is 32.0 Å². The van der Waals surface area contributed by atoms with Gasteiger partial charge < -0.3 is 68.5 Å². The first-order valence-corrected chi connectivity index (χ1v) is 27.1. The Kier molecular flexibility index (Phi) is 22.3. The summed E-state index contributed by atoms with van der Waals surface area (Å²) in [4.78, 5) is 150. The van der Waals surface area contributed by atoms with Gasteiger partial charge in [0.05, 0.1) is 36.0 Å². The van der Waals surface area contributed by atoms with Crippen molar-refractivity contribution in [2.24, 2.45) is 28.1 Å². The zero-order valence-electron chi connectivity index (χ0n) is 47.0. The number of non-ortho nitro benzene ring substituents is 1. The molecule has 6 rings (SSSR count). The van der Waals surface area contributed by atoms with Crippen molar-refractivity contribution in [2.45, 2.75) is 102 Å². The maximum absolute atomic E-state index is 14.6. The Morgan fingerprint density at radius 1 is 0.776 bits per heavy atom. The molecule has 0 saturated carbocycles. The molecule has 29 heteroatoms. The van der Waals surface area contributed by atoms with Gasteiger partial charge in [0.25, 0.3) is 11.4 Å². The number of guanidine groups is 1. The molecule has 0 bridgehead atoms. The Balaban J connectivity index is 1.19. The predicted molar refractivity (Wildman–Crippen MR) is 310 cm³/mol. The number of carbonyl (C=O) groups is 8. The lowest BCUT2D eigenvalue weighted by atomic mass is 10.0. The number of nitro groups is 2. The van der Waals surface area contributed by atoms with Gasteiger partial charge in [0.1, 0.15) is 53.3 Å². The van der Waals surface area contributed by atoms with Crippen LogP contribution in [0.4, 0.5) is 17.1 Å². The molecule has 0 spiro atoms. The van der Waals surface area contributed by atoms with Crippen LogP contribution in [-0.2, 0) is 51.2 Å². The second kappa shape index (κ2) is 29.7. The van der Waals surface area contributed by atoms with Crippen molar-refractivity contribution < 1.29 is 57.4 Å². The predicted octanol–water partition coefficient (Wildman–Crippen LogP) is 0.805. The summed E-state index contributed by atoms with van der Waals surface area (Å²) in [5.41, 5.74) is 15.0. The number of likely N-dealkylation sites (tertiary alicyclic amines) is 1. The number of hydrogen-bond acceptors (Lipinski definition) is 17. The Bertz CT molecular complexity index is 3440. The van der Waals surface area contributed by atoms with Crippen LogP contribution in [0.2, 0.25) is 0 Å². The van der Waals surface area contributed by atoms with Crippen LogP contribution >= 0.6 is 0 Å². The third-order valence-electron chi connectivity index (χ3n) is 13.8. The van der Waals surface area contributed by atoms with Gasteiger partial charge in [-0.1, -0.05) is 56.3 Å². The first-order chi connectivity index (χ1) is 40.4. The number of amides is 8. The zero-order valence-corrected chi connectivity index (χ0v) is 47.0. The number of carbonyl (C=O) groups excluding carboxylic acids is 8. The van der Waals surface area contributed by atoms with Crippen LogP contribution in [-0.4, -0.2) is 138 Å². The average molecular weight is 1180 g/mol. The summed E-state index contributed by atoms with van der Waals surface area (Å²) in [6.07, 6.45) is 0.639. The fourth-order valence-corrected chi connectivity index (χ4v) is 9.50. The van der Waals surface area contributed by atoms with E-state index in [1.165, 1.54) is 31.1 Å². The molecule has 452 valence electrons. The number of nitrogens with zero attached hydrogens (tertiary/aromatic N) is 4. The molecule has 0 radical (unpaired) electrons. The molecule has 1 aliphatic rings. The Hall–Kier alpha value is -10.2. The van der Waals surface area contributed by atoms with Gasteiger partial charge in [-0.3, -0.25) is 63.6 Å². The lowest BCUT2D eigenvalue weighted by Crippen LogP contribution is -2.59. The first kappa shape index (κ1) is 64.0. The fourth-order valence-electron chi connectivity index (χ4n) is 9.50. The molecule has 6 atom stereocenters. The largest absolute Gasteiger partial charge is 0.497 e. The molecule has 2 heterocycles. The summed E-state index contributed by atoms with van der Waals surface area (Å²) in [6, 6.07) is 13.2. The van der Waals surface area contributed by atoms with Crippen molar-refractivity contribution in [1.82, 2.24) is 36.8 Å². The minimum absolute atomic E-state index is 0.0111. The van der Waals surface area contributed by atoms with Crippen molar-refractivity contribution in [1.29, 1.82) is 0 Å². The second-order valence-electron chi connectivity index (χ2n) is 20.6. The van der Waals surface area contributed by atoms with Crippen molar-refractivity contribution in [2.75, 3.05) is 38.6 Å². The summed E-state index contributed by atoms with van der Waals surface area (Å²) >= 11 is 0. The first-order valence-electron chi connectivity index (χ1n) is 27.1. The van der Waals surface area contributed by atoms with E-state index < -0.39 is 123 Å². The smallest absolute Gasteiger partial charge is 0.336 e. The molecule has 4 aromatic carbocycles. The third kappa shape index (κ3) is 18.1. The number of fused-ring (bicyclic) bond motifs is 2. The molecule has 1 saturated heterocycles. The number of anilines is 1. The minimum Gasteiger partial charge on any atom is -0.497 e. The van der Waals surface area contributed by atoms with E-state index in [9.17, 15) is 63.4 Å². The SMILES string of the molecule is COc1ccc2c(CC(=O)N3CCCC3C(=O)N[C@H](CC(C)C)C(=O)NCC(=O)NC(Cc3ccc4ccccc4c3)C(=O)NC(CNc3ccc([N+](=O)[O-])cc3[N+](=O)[O-])C(=O)NC(C)C(=O)NC(CCCN=C(N)N)C(N)=O)cc(=O)oc2c1. The highest BCUT2D eigenvalue weighted by Gasteiger charge is 2.37. The zero-order chi connectivity index (χ0) is 62.1. The molecule has 29 nitrogen and oxygen atoms in total. The van der Waals surface area contributed by atoms with Crippen LogP contribution in [0.5, 0.6) is 5.75 Å². The lowest BCUT2D eigenvalue weighted by molar-refractivity contribution is -0.393. The molecule has 8 amide bonds. The normalized spacial score (nSPS) is 14.6. The topological polar surface area (TPSA) is 440 Å². The Morgan fingerprint density at radius 2 is 1.49 bits per heavy atom. The van der Waals surface area contributed by atoms with E-state index in [4.69, 9.17) is 26.4 Å². The van der Waals surface area contributed by atoms with E-state index >= 15 is 0 Å². The van der Waals surface area contributed by atoms with Crippen LogP contribution in [0.15, 0.2) is 99.1 Å². The molecular weight excluding hydrogens is 1110 g/mol. The lowest BCUT2D eigenvalue weighted by Gasteiger charge is -2.27. The van der Waals surface area contributed by atoms with Gasteiger partial charge in [0.2, 0.25) is 47.3 Å². The van der Waals surface area contributed by atoms with E-state index in [2.05, 4.69) is 42.2 Å². The third-order valence-corrected chi connectivity index (χ3v) is 13.8. The highest BCUT2D eigenvalue weighted by Crippen LogP contribution is 2.29. The summed E-state index contributed by atoms with van der Waals surface area (Å²) in [5.74, 6) is -6.50. The number of hydrogen-bond donors (Lipinski definition) is 10. The monoisotopic (exact) mass is 1180 g/mol. The second-order valence-corrected chi connectivity index (χ2v) is 20.6. The number of primary amides is 1. The molecule has 1 fully saturated rings. The Labute approximate surface area is 485 Å². The van der Waals surface area contributed by atoms with Crippen LogP contribution in [0.25, 0.3) is 21.7 Å². The van der Waals surface area contributed by atoms with Crippen molar-refractivity contribution in [3.05, 3.63) is 127 Å².